The Morgan fingerprint density at radius 3 is 2.70 bits per heavy atom. The summed E-state index contributed by atoms with van der Waals surface area (Å²) in [6, 6.07) is 12.7. The Morgan fingerprint density at radius 1 is 1.25 bits per heavy atom. The van der Waals surface area contributed by atoms with Crippen LogP contribution in [0.2, 0.25) is 0 Å². The van der Waals surface area contributed by atoms with Crippen molar-refractivity contribution in [3.63, 3.8) is 0 Å². The monoisotopic (exact) mass is 562 g/mol. The highest BCUT2D eigenvalue weighted by Gasteiger charge is 2.33. The number of benzene rings is 1. The number of carbonyl (C=O) groups is 2. The van der Waals surface area contributed by atoms with Gasteiger partial charge in [0, 0.05) is 36.2 Å². The number of methoxy groups -OCH3 is 1. The number of hydrogen-bond acceptors (Lipinski definition) is 9. The van der Waals surface area contributed by atoms with Crippen LogP contribution in [0.25, 0.3) is 0 Å². The van der Waals surface area contributed by atoms with E-state index >= 15 is 0 Å². The number of carbonyl (C=O) groups excluding carboxylic acids is 2. The fraction of sp³-hybridized carbons (Fsp3) is 0.379. The average molecular weight is 563 g/mol. The summed E-state index contributed by atoms with van der Waals surface area (Å²) in [4.78, 5) is 37.9. The molecule has 2 atom stereocenters. The fourth-order valence-electron chi connectivity index (χ4n) is 4.59. The molecule has 10 nitrogen and oxygen atoms in total. The maximum absolute atomic E-state index is 13.8. The van der Waals surface area contributed by atoms with E-state index < -0.39 is 0 Å². The van der Waals surface area contributed by atoms with E-state index in [2.05, 4.69) is 9.97 Å². The molecule has 0 bridgehead atoms. The number of amides is 2. The molecule has 3 aromatic rings. The first-order chi connectivity index (χ1) is 19.3. The minimum atomic E-state index is -0.369. The molecule has 40 heavy (non-hydrogen) atoms. The molecule has 1 aromatic carbocycles. The molecule has 210 valence electrons. The maximum Gasteiger partial charge on any atom is 0.254 e. The van der Waals surface area contributed by atoms with Crippen LogP contribution in [0, 0.1) is 23.7 Å². The molecule has 1 saturated heterocycles. The van der Waals surface area contributed by atoms with E-state index in [9.17, 15) is 9.59 Å². The second-order valence-corrected chi connectivity index (χ2v) is 10.7. The number of aryl methyl sites for hydroxylation is 1. The van der Waals surface area contributed by atoms with Gasteiger partial charge in [0.2, 0.25) is 12.3 Å². The zero-order valence-electron chi connectivity index (χ0n) is 22.9. The second kappa shape index (κ2) is 13.4. The van der Waals surface area contributed by atoms with Gasteiger partial charge in [-0.2, -0.15) is 0 Å². The van der Waals surface area contributed by atoms with Gasteiger partial charge in [0.05, 0.1) is 19.2 Å². The zero-order chi connectivity index (χ0) is 28.6. The van der Waals surface area contributed by atoms with Gasteiger partial charge >= 0.3 is 0 Å². The predicted octanol–water partition coefficient (Wildman–Crippen LogP) is 4.63. The minimum absolute atomic E-state index is 0.0580. The lowest BCUT2D eigenvalue weighted by molar-refractivity contribution is -0.107. The van der Waals surface area contributed by atoms with E-state index in [1.54, 1.807) is 11.0 Å². The zero-order valence-corrected chi connectivity index (χ0v) is 23.7. The number of pyridine rings is 1. The molecule has 3 heterocycles. The number of nitrogens with one attached hydrogen (secondary N) is 2. The van der Waals surface area contributed by atoms with Crippen LogP contribution >= 0.6 is 11.3 Å². The van der Waals surface area contributed by atoms with Gasteiger partial charge in [-0.15, -0.1) is 11.3 Å². The van der Waals surface area contributed by atoms with Crippen LogP contribution in [-0.4, -0.2) is 65.8 Å². The highest BCUT2D eigenvalue weighted by molar-refractivity contribution is 7.09. The van der Waals surface area contributed by atoms with E-state index in [-0.39, 0.29) is 59.9 Å². The topological polar surface area (TPSA) is 133 Å². The van der Waals surface area contributed by atoms with E-state index in [1.165, 1.54) is 29.4 Å². The number of thiazole rings is 1. The summed E-state index contributed by atoms with van der Waals surface area (Å²) in [6.45, 7) is 4.84. The van der Waals surface area contributed by atoms with Crippen LogP contribution in [0.15, 0.2) is 47.8 Å². The Balaban J connectivity index is 1.60. The number of rotatable bonds is 11. The SMILES string of the molecule is COCCN(C=O)c1cc(C(=O)N2CCCC2c2nc(C)cs2)cc(C(=N)OC(=N)C(C)Cc2ccccc2)n1. The summed E-state index contributed by atoms with van der Waals surface area (Å²) in [5, 5.41) is 19.9. The lowest BCUT2D eigenvalue weighted by Gasteiger charge is -2.24. The number of aromatic nitrogens is 2. The molecule has 11 heteroatoms. The molecule has 2 unspecified atom stereocenters. The third-order valence-electron chi connectivity index (χ3n) is 6.73. The molecule has 0 saturated carbocycles. The normalized spacial score (nSPS) is 15.5. The molecule has 2 N–H and O–H groups in total. The van der Waals surface area contributed by atoms with Crippen LogP contribution in [0.3, 0.4) is 0 Å². The average Bonchev–Trinajstić information content (AvgIpc) is 3.62. The van der Waals surface area contributed by atoms with Crippen LogP contribution in [0.1, 0.15) is 58.1 Å². The Labute approximate surface area is 238 Å². The van der Waals surface area contributed by atoms with Crippen molar-refractivity contribution in [3.05, 3.63) is 75.4 Å². The van der Waals surface area contributed by atoms with Crippen molar-refractivity contribution >= 4 is 41.3 Å². The number of hydrogen-bond donors (Lipinski definition) is 2. The molecule has 2 aromatic heterocycles. The van der Waals surface area contributed by atoms with Crippen molar-refractivity contribution in [1.29, 1.82) is 10.8 Å². The number of likely N-dealkylation sites (tertiary alicyclic amines) is 1. The van der Waals surface area contributed by atoms with Crippen LogP contribution in [-0.2, 0) is 20.7 Å². The largest absolute Gasteiger partial charge is 0.423 e. The molecule has 1 aliphatic rings. The Hall–Kier alpha value is -3.96. The standard InChI is InChI=1S/C29H34N6O4S/c1-19(14-21-8-5-4-6-9-21)26(30)39-27(31)23-15-22(16-25(33-23)34(18-36)12-13-38-3)29(37)35-11-7-10-24(35)28-32-20(2)17-40-28/h4-6,8-9,15-19,24,30-31H,7,10-14H2,1-3H3. The van der Waals surface area contributed by atoms with Gasteiger partial charge in [0.25, 0.3) is 5.91 Å². The van der Waals surface area contributed by atoms with Crippen molar-refractivity contribution in [1.82, 2.24) is 14.9 Å². The van der Waals surface area contributed by atoms with E-state index in [1.807, 2.05) is 49.6 Å². The third-order valence-corrected chi connectivity index (χ3v) is 7.79. The molecule has 2 amide bonds. The Kier molecular flexibility index (Phi) is 9.73. The van der Waals surface area contributed by atoms with Crippen molar-refractivity contribution in [3.8, 4) is 0 Å². The van der Waals surface area contributed by atoms with Gasteiger partial charge in [-0.05, 0) is 43.9 Å². The summed E-state index contributed by atoms with van der Waals surface area (Å²) >= 11 is 1.54. The molecule has 0 radical (unpaired) electrons. The molecule has 0 spiro atoms. The Bertz CT molecular complexity index is 1360. The molecular formula is C29H34N6O4S. The first-order valence-corrected chi connectivity index (χ1v) is 14.0. The summed E-state index contributed by atoms with van der Waals surface area (Å²) < 4.78 is 10.7. The molecule has 1 fully saturated rings. The molecule has 4 rings (SSSR count). The Morgan fingerprint density at radius 2 is 2.02 bits per heavy atom. The first kappa shape index (κ1) is 29.0. The molecule has 0 aliphatic carbocycles. The van der Waals surface area contributed by atoms with Gasteiger partial charge < -0.3 is 14.4 Å². The lowest BCUT2D eigenvalue weighted by atomic mass is 10.0. The number of ether oxygens (including phenoxy) is 2. The van der Waals surface area contributed by atoms with Gasteiger partial charge in [-0.1, -0.05) is 37.3 Å². The van der Waals surface area contributed by atoms with Gasteiger partial charge in [-0.3, -0.25) is 25.3 Å². The van der Waals surface area contributed by atoms with Crippen LogP contribution in [0.4, 0.5) is 5.82 Å². The van der Waals surface area contributed by atoms with Gasteiger partial charge in [0.15, 0.2) is 5.90 Å². The third kappa shape index (κ3) is 6.97. The van der Waals surface area contributed by atoms with Gasteiger partial charge in [-0.25, -0.2) is 9.97 Å². The van der Waals surface area contributed by atoms with Crippen molar-refractivity contribution < 1.29 is 19.1 Å². The molecular weight excluding hydrogens is 528 g/mol. The lowest BCUT2D eigenvalue weighted by Crippen LogP contribution is -2.32. The fourth-order valence-corrected chi connectivity index (χ4v) is 5.54. The number of nitrogens with zero attached hydrogens (tertiary/aromatic N) is 4. The maximum atomic E-state index is 13.8. The van der Waals surface area contributed by atoms with E-state index in [0.717, 1.165) is 29.1 Å². The summed E-state index contributed by atoms with van der Waals surface area (Å²) in [6.07, 6.45) is 2.86. The highest BCUT2D eigenvalue weighted by atomic mass is 32.1. The van der Waals surface area contributed by atoms with Gasteiger partial charge in [0.1, 0.15) is 16.5 Å². The van der Waals surface area contributed by atoms with Crippen LogP contribution < -0.4 is 4.90 Å². The smallest absolute Gasteiger partial charge is 0.254 e. The van der Waals surface area contributed by atoms with E-state index in [0.29, 0.717) is 19.4 Å². The van der Waals surface area contributed by atoms with Crippen molar-refractivity contribution in [2.45, 2.75) is 39.2 Å². The van der Waals surface area contributed by atoms with Crippen LogP contribution in [0.5, 0.6) is 0 Å². The summed E-state index contributed by atoms with van der Waals surface area (Å²) in [5.74, 6) is -0.775. The van der Waals surface area contributed by atoms with Crippen molar-refractivity contribution in [2.75, 3.05) is 31.7 Å². The quantitative estimate of drug-likeness (QED) is 0.199. The second-order valence-electron chi connectivity index (χ2n) is 9.76. The minimum Gasteiger partial charge on any atom is -0.423 e. The summed E-state index contributed by atoms with van der Waals surface area (Å²) in [7, 11) is 1.53. The first-order valence-electron chi connectivity index (χ1n) is 13.2. The molecule has 1 aliphatic heterocycles. The highest BCUT2D eigenvalue weighted by Crippen LogP contribution is 2.35. The summed E-state index contributed by atoms with van der Waals surface area (Å²) in [5.41, 5.74) is 2.31. The van der Waals surface area contributed by atoms with E-state index in [4.69, 9.17) is 20.3 Å². The van der Waals surface area contributed by atoms with Crippen molar-refractivity contribution in [2.24, 2.45) is 5.92 Å². The predicted molar refractivity (Wildman–Crippen MR) is 154 cm³/mol. The number of anilines is 1.